The number of nitrogens with one attached hydrogen (secondary N) is 1. The summed E-state index contributed by atoms with van der Waals surface area (Å²) < 4.78 is 5.35. The minimum atomic E-state index is -0.477. The number of ether oxygens (including phenoxy) is 1. The first-order valence-corrected chi connectivity index (χ1v) is 9.37. The number of non-ortho nitro benzene ring substituents is 1. The fraction of sp³-hybridized carbons (Fsp3) is 0.318. The van der Waals surface area contributed by atoms with Crippen LogP contribution in [-0.4, -0.2) is 23.4 Å². The second kappa shape index (κ2) is 7.84. The van der Waals surface area contributed by atoms with Crippen LogP contribution in [0.15, 0.2) is 48.5 Å². The lowest BCUT2D eigenvalue weighted by atomic mass is 9.79. The molecule has 1 heterocycles. The van der Waals surface area contributed by atoms with Gasteiger partial charge in [0.25, 0.3) is 5.69 Å². The van der Waals surface area contributed by atoms with E-state index in [9.17, 15) is 14.9 Å². The topological polar surface area (TPSA) is 81.5 Å². The SMILES string of the molecule is CCC1(CC)Cc2ccc(OC)cc2/C(=C/C(=O)c2ccc([N+](=O)[O-])cc2)N1. The average Bonchev–Trinajstić information content (AvgIpc) is 2.73. The van der Waals surface area contributed by atoms with Crippen LogP contribution in [0.5, 0.6) is 5.75 Å². The summed E-state index contributed by atoms with van der Waals surface area (Å²) in [6.45, 7) is 4.28. The Balaban J connectivity index is 2.02. The summed E-state index contributed by atoms with van der Waals surface area (Å²) >= 11 is 0. The van der Waals surface area contributed by atoms with E-state index in [1.807, 2.05) is 12.1 Å². The third-order valence-corrected chi connectivity index (χ3v) is 5.53. The van der Waals surface area contributed by atoms with Crippen molar-refractivity contribution < 1.29 is 14.5 Å². The van der Waals surface area contributed by atoms with Crippen LogP contribution < -0.4 is 10.1 Å². The molecule has 146 valence electrons. The van der Waals surface area contributed by atoms with Crippen molar-refractivity contribution in [2.24, 2.45) is 0 Å². The zero-order chi connectivity index (χ0) is 20.3. The van der Waals surface area contributed by atoms with Crippen LogP contribution in [0.2, 0.25) is 0 Å². The summed E-state index contributed by atoms with van der Waals surface area (Å²) in [6, 6.07) is 11.6. The van der Waals surface area contributed by atoms with E-state index >= 15 is 0 Å². The highest BCUT2D eigenvalue weighted by Gasteiger charge is 2.33. The number of nitrogens with zero attached hydrogens (tertiary/aromatic N) is 1. The number of methoxy groups -OCH3 is 1. The number of ketones is 1. The Morgan fingerprint density at radius 2 is 1.89 bits per heavy atom. The lowest BCUT2D eigenvalue weighted by Crippen LogP contribution is -2.48. The number of benzene rings is 2. The Labute approximate surface area is 164 Å². The molecule has 0 saturated heterocycles. The van der Waals surface area contributed by atoms with E-state index in [2.05, 4.69) is 25.2 Å². The third kappa shape index (κ3) is 3.76. The van der Waals surface area contributed by atoms with Gasteiger partial charge in [-0.15, -0.1) is 0 Å². The first-order chi connectivity index (χ1) is 13.4. The fourth-order valence-electron chi connectivity index (χ4n) is 3.60. The van der Waals surface area contributed by atoms with Gasteiger partial charge in [0.05, 0.1) is 12.0 Å². The first-order valence-electron chi connectivity index (χ1n) is 9.37. The van der Waals surface area contributed by atoms with Crippen LogP contribution in [0, 0.1) is 10.1 Å². The van der Waals surface area contributed by atoms with Crippen molar-refractivity contribution in [2.45, 2.75) is 38.6 Å². The second-order valence-electron chi connectivity index (χ2n) is 7.04. The van der Waals surface area contributed by atoms with Crippen molar-refractivity contribution in [1.29, 1.82) is 0 Å². The molecule has 0 atom stereocenters. The van der Waals surface area contributed by atoms with Gasteiger partial charge in [0.15, 0.2) is 5.78 Å². The van der Waals surface area contributed by atoms with E-state index < -0.39 is 4.92 Å². The molecule has 0 spiro atoms. The van der Waals surface area contributed by atoms with Crippen LogP contribution in [-0.2, 0) is 6.42 Å². The summed E-state index contributed by atoms with van der Waals surface area (Å²) in [7, 11) is 1.62. The molecule has 2 aromatic carbocycles. The summed E-state index contributed by atoms with van der Waals surface area (Å²) in [5.41, 5.74) is 3.15. The molecule has 0 bridgehead atoms. The Kier molecular flexibility index (Phi) is 5.49. The molecule has 1 aliphatic rings. The van der Waals surface area contributed by atoms with Gasteiger partial charge in [0.2, 0.25) is 0 Å². The highest BCUT2D eigenvalue weighted by Crippen LogP contribution is 2.35. The smallest absolute Gasteiger partial charge is 0.269 e. The maximum atomic E-state index is 12.8. The molecule has 1 aliphatic heterocycles. The van der Waals surface area contributed by atoms with Crippen molar-refractivity contribution in [1.82, 2.24) is 5.32 Å². The number of hydrogen-bond donors (Lipinski definition) is 1. The van der Waals surface area contributed by atoms with Gasteiger partial charge in [0.1, 0.15) is 5.75 Å². The average molecular weight is 380 g/mol. The fourth-order valence-corrected chi connectivity index (χ4v) is 3.60. The number of nitro groups is 1. The van der Waals surface area contributed by atoms with Crippen molar-refractivity contribution >= 4 is 17.2 Å². The number of rotatable bonds is 6. The zero-order valence-electron chi connectivity index (χ0n) is 16.3. The molecule has 6 nitrogen and oxygen atoms in total. The predicted molar refractivity (Wildman–Crippen MR) is 109 cm³/mol. The van der Waals surface area contributed by atoms with E-state index in [4.69, 9.17) is 4.74 Å². The van der Waals surface area contributed by atoms with Crippen LogP contribution >= 0.6 is 0 Å². The summed E-state index contributed by atoms with van der Waals surface area (Å²) in [6.07, 6.45) is 4.32. The number of hydrogen-bond acceptors (Lipinski definition) is 5. The number of allylic oxidation sites excluding steroid dienone is 1. The molecule has 1 N–H and O–H groups in total. The van der Waals surface area contributed by atoms with E-state index in [-0.39, 0.29) is 17.0 Å². The Hall–Kier alpha value is -3.15. The monoisotopic (exact) mass is 380 g/mol. The van der Waals surface area contributed by atoms with Gasteiger partial charge >= 0.3 is 0 Å². The van der Waals surface area contributed by atoms with Gasteiger partial charge in [-0.2, -0.15) is 0 Å². The molecular formula is C22H24N2O4. The van der Waals surface area contributed by atoms with Gasteiger partial charge < -0.3 is 10.1 Å². The van der Waals surface area contributed by atoms with Crippen LogP contribution in [0.1, 0.15) is 48.2 Å². The predicted octanol–water partition coefficient (Wildman–Crippen LogP) is 4.53. The molecule has 0 amide bonds. The van der Waals surface area contributed by atoms with Gasteiger partial charge in [0, 0.05) is 40.6 Å². The van der Waals surface area contributed by atoms with Crippen LogP contribution in [0.3, 0.4) is 0 Å². The first kappa shape index (κ1) is 19.6. The molecule has 0 aliphatic carbocycles. The molecule has 3 rings (SSSR count). The van der Waals surface area contributed by atoms with Crippen molar-refractivity contribution in [3.05, 3.63) is 75.3 Å². The molecule has 0 unspecified atom stereocenters. The standard InChI is InChI=1S/C22H24N2O4/c1-4-22(5-2)14-16-8-11-18(28-3)12-19(16)20(23-22)13-21(25)15-6-9-17(10-7-15)24(26)27/h6-13,23H,4-5,14H2,1-3H3/b20-13-. The summed E-state index contributed by atoms with van der Waals surface area (Å²) in [4.78, 5) is 23.2. The molecule has 0 radical (unpaired) electrons. The molecular weight excluding hydrogens is 356 g/mol. The molecule has 2 aromatic rings. The number of fused-ring (bicyclic) bond motifs is 1. The number of carbonyl (C=O) groups excluding carboxylic acids is 1. The van der Waals surface area contributed by atoms with Gasteiger partial charge in [-0.25, -0.2) is 0 Å². The van der Waals surface area contributed by atoms with E-state index in [0.29, 0.717) is 5.56 Å². The third-order valence-electron chi connectivity index (χ3n) is 5.53. The Morgan fingerprint density at radius 1 is 1.21 bits per heavy atom. The van der Waals surface area contributed by atoms with Gasteiger partial charge in [-0.05, 0) is 49.1 Å². The summed E-state index contributed by atoms with van der Waals surface area (Å²) in [5.74, 6) is 0.531. The number of nitro benzene ring substituents is 1. The quantitative estimate of drug-likeness (QED) is 0.345. The van der Waals surface area contributed by atoms with E-state index in [1.54, 1.807) is 13.2 Å². The maximum Gasteiger partial charge on any atom is 0.269 e. The second-order valence-corrected chi connectivity index (χ2v) is 7.04. The van der Waals surface area contributed by atoms with Crippen molar-refractivity contribution in [3.63, 3.8) is 0 Å². The molecule has 6 heteroatoms. The van der Waals surface area contributed by atoms with Crippen LogP contribution in [0.4, 0.5) is 5.69 Å². The van der Waals surface area contributed by atoms with Gasteiger partial charge in [-0.3, -0.25) is 14.9 Å². The zero-order valence-corrected chi connectivity index (χ0v) is 16.3. The minimum Gasteiger partial charge on any atom is -0.497 e. The van der Waals surface area contributed by atoms with Gasteiger partial charge in [-0.1, -0.05) is 19.9 Å². The van der Waals surface area contributed by atoms with E-state index in [1.165, 1.54) is 29.8 Å². The number of carbonyl (C=O) groups is 1. The Bertz CT molecular complexity index is 928. The van der Waals surface area contributed by atoms with Crippen LogP contribution in [0.25, 0.3) is 5.70 Å². The highest BCUT2D eigenvalue weighted by molar-refractivity contribution is 6.08. The summed E-state index contributed by atoms with van der Waals surface area (Å²) in [5, 5.41) is 14.4. The minimum absolute atomic E-state index is 0.0361. The molecule has 0 fully saturated rings. The molecule has 0 saturated carbocycles. The lowest BCUT2D eigenvalue weighted by molar-refractivity contribution is -0.384. The maximum absolute atomic E-state index is 12.8. The highest BCUT2D eigenvalue weighted by atomic mass is 16.6. The largest absolute Gasteiger partial charge is 0.497 e. The molecule has 0 aromatic heterocycles. The van der Waals surface area contributed by atoms with Crippen molar-refractivity contribution in [3.8, 4) is 5.75 Å². The van der Waals surface area contributed by atoms with Crippen molar-refractivity contribution in [2.75, 3.05) is 7.11 Å². The van der Waals surface area contributed by atoms with E-state index in [0.717, 1.165) is 36.3 Å². The Morgan fingerprint density at radius 3 is 2.46 bits per heavy atom. The molecule has 28 heavy (non-hydrogen) atoms. The normalized spacial score (nSPS) is 16.2. The lowest BCUT2D eigenvalue weighted by Gasteiger charge is -2.40.